The Bertz CT molecular complexity index is 502. The second-order valence-corrected chi connectivity index (χ2v) is 6.13. The van der Waals surface area contributed by atoms with Crippen molar-refractivity contribution in [2.75, 3.05) is 6.54 Å². The molecule has 1 aromatic heterocycles. The van der Waals surface area contributed by atoms with Gasteiger partial charge < -0.3 is 5.73 Å². The molecular formula is C16H22N2S. The summed E-state index contributed by atoms with van der Waals surface area (Å²) in [6, 6.07) is 8.79. The van der Waals surface area contributed by atoms with E-state index in [1.54, 1.807) is 11.3 Å². The Kier molecular flexibility index (Phi) is 5.11. The summed E-state index contributed by atoms with van der Waals surface area (Å²) in [5.74, 6) is 0.559. The van der Waals surface area contributed by atoms with E-state index in [1.807, 2.05) is 5.51 Å². The van der Waals surface area contributed by atoms with Gasteiger partial charge >= 0.3 is 0 Å². The van der Waals surface area contributed by atoms with E-state index in [9.17, 15) is 0 Å². The van der Waals surface area contributed by atoms with Gasteiger partial charge in [0.2, 0.25) is 0 Å². The fraction of sp³-hybridized carbons (Fsp3) is 0.438. The highest BCUT2D eigenvalue weighted by molar-refractivity contribution is 7.09. The van der Waals surface area contributed by atoms with Gasteiger partial charge in [0, 0.05) is 4.88 Å². The molecule has 2 N–H and O–H groups in total. The van der Waals surface area contributed by atoms with Crippen LogP contribution in [0.25, 0.3) is 0 Å². The summed E-state index contributed by atoms with van der Waals surface area (Å²) >= 11 is 1.76. The number of hydrogen-bond donors (Lipinski definition) is 1. The zero-order valence-electron chi connectivity index (χ0n) is 11.7. The van der Waals surface area contributed by atoms with Crippen molar-refractivity contribution < 1.29 is 0 Å². The van der Waals surface area contributed by atoms with Gasteiger partial charge in [-0.15, -0.1) is 11.3 Å². The van der Waals surface area contributed by atoms with Crippen LogP contribution < -0.4 is 5.73 Å². The number of hydrogen-bond acceptors (Lipinski definition) is 3. The summed E-state index contributed by atoms with van der Waals surface area (Å²) in [6.45, 7) is 4.96. The Labute approximate surface area is 119 Å². The summed E-state index contributed by atoms with van der Waals surface area (Å²) in [7, 11) is 0. The number of aryl methyl sites for hydroxylation is 3. The largest absolute Gasteiger partial charge is 0.330 e. The lowest BCUT2D eigenvalue weighted by Crippen LogP contribution is -2.17. The first-order valence-corrected chi connectivity index (χ1v) is 7.71. The highest BCUT2D eigenvalue weighted by Gasteiger charge is 2.10. The van der Waals surface area contributed by atoms with Crippen LogP contribution in [-0.4, -0.2) is 11.5 Å². The maximum absolute atomic E-state index is 5.92. The third-order valence-corrected chi connectivity index (χ3v) is 4.60. The van der Waals surface area contributed by atoms with E-state index in [-0.39, 0.29) is 0 Å². The van der Waals surface area contributed by atoms with Crippen molar-refractivity contribution in [1.29, 1.82) is 0 Å². The van der Waals surface area contributed by atoms with E-state index in [0.717, 1.165) is 25.8 Å². The Morgan fingerprint density at radius 2 is 1.95 bits per heavy atom. The van der Waals surface area contributed by atoms with Gasteiger partial charge in [0.15, 0.2) is 0 Å². The molecule has 1 atom stereocenters. The van der Waals surface area contributed by atoms with E-state index in [2.05, 4.69) is 43.1 Å². The van der Waals surface area contributed by atoms with Gasteiger partial charge in [-0.2, -0.15) is 0 Å². The fourth-order valence-corrected chi connectivity index (χ4v) is 3.06. The molecule has 2 aromatic rings. The topological polar surface area (TPSA) is 38.9 Å². The number of nitrogens with zero attached hydrogens (tertiary/aromatic N) is 1. The molecule has 0 aliphatic rings. The number of thiazole rings is 1. The molecule has 1 unspecified atom stereocenters. The first-order chi connectivity index (χ1) is 9.19. The lowest BCUT2D eigenvalue weighted by Gasteiger charge is -2.14. The van der Waals surface area contributed by atoms with Gasteiger partial charge in [0.25, 0.3) is 0 Å². The number of aromatic nitrogens is 1. The molecule has 1 aromatic carbocycles. The van der Waals surface area contributed by atoms with Crippen LogP contribution in [0.4, 0.5) is 0 Å². The second-order valence-electron chi connectivity index (χ2n) is 5.19. The van der Waals surface area contributed by atoms with Gasteiger partial charge in [0.1, 0.15) is 0 Å². The van der Waals surface area contributed by atoms with Crippen LogP contribution in [0.15, 0.2) is 29.8 Å². The Balaban J connectivity index is 1.90. The summed E-state index contributed by atoms with van der Waals surface area (Å²) in [5, 5.41) is 0. The molecule has 0 aliphatic carbocycles. The highest BCUT2D eigenvalue weighted by Crippen LogP contribution is 2.19. The Hall–Kier alpha value is -1.19. The number of rotatable bonds is 6. The molecule has 0 fully saturated rings. The zero-order valence-corrected chi connectivity index (χ0v) is 12.5. The van der Waals surface area contributed by atoms with Gasteiger partial charge in [-0.05, 0) is 51.1 Å². The van der Waals surface area contributed by atoms with E-state index in [1.165, 1.54) is 21.7 Å². The van der Waals surface area contributed by atoms with Crippen LogP contribution in [0.1, 0.15) is 28.1 Å². The molecule has 2 rings (SSSR count). The molecule has 0 spiro atoms. The van der Waals surface area contributed by atoms with Crippen LogP contribution in [0, 0.1) is 19.8 Å². The summed E-state index contributed by atoms with van der Waals surface area (Å²) < 4.78 is 0. The van der Waals surface area contributed by atoms with Crippen LogP contribution in [0.5, 0.6) is 0 Å². The van der Waals surface area contributed by atoms with Crippen LogP contribution in [-0.2, 0) is 12.8 Å². The van der Waals surface area contributed by atoms with Crippen LogP contribution in [0.2, 0.25) is 0 Å². The van der Waals surface area contributed by atoms with Crippen molar-refractivity contribution in [3.8, 4) is 0 Å². The van der Waals surface area contributed by atoms with Crippen LogP contribution in [0.3, 0.4) is 0 Å². The first-order valence-electron chi connectivity index (χ1n) is 6.83. The Morgan fingerprint density at radius 3 is 2.53 bits per heavy atom. The molecule has 0 bridgehead atoms. The minimum Gasteiger partial charge on any atom is -0.330 e. The molecule has 102 valence electrons. The lowest BCUT2D eigenvalue weighted by molar-refractivity contribution is 0.495. The smallest absolute Gasteiger partial charge is 0.0797 e. The van der Waals surface area contributed by atoms with Gasteiger partial charge in [-0.3, -0.25) is 0 Å². The van der Waals surface area contributed by atoms with E-state index < -0.39 is 0 Å². The van der Waals surface area contributed by atoms with Crippen LogP contribution >= 0.6 is 11.3 Å². The molecule has 0 radical (unpaired) electrons. The van der Waals surface area contributed by atoms with Crippen molar-refractivity contribution in [1.82, 2.24) is 4.98 Å². The molecule has 1 heterocycles. The third-order valence-electron chi connectivity index (χ3n) is 3.60. The molecule has 3 heteroatoms. The van der Waals surface area contributed by atoms with Crippen molar-refractivity contribution in [3.05, 3.63) is 51.5 Å². The van der Waals surface area contributed by atoms with Crippen molar-refractivity contribution in [2.24, 2.45) is 11.7 Å². The number of benzene rings is 1. The average Bonchev–Trinajstić information content (AvgIpc) is 2.82. The third kappa shape index (κ3) is 4.15. The molecule has 0 aliphatic heterocycles. The molecular weight excluding hydrogens is 252 g/mol. The maximum Gasteiger partial charge on any atom is 0.0797 e. The minimum atomic E-state index is 0.559. The predicted molar refractivity (Wildman–Crippen MR) is 82.6 cm³/mol. The lowest BCUT2D eigenvalue weighted by atomic mass is 9.94. The average molecular weight is 274 g/mol. The normalized spacial score (nSPS) is 12.6. The summed E-state index contributed by atoms with van der Waals surface area (Å²) in [5.41, 5.74) is 11.7. The van der Waals surface area contributed by atoms with Gasteiger partial charge in [-0.1, -0.05) is 29.8 Å². The zero-order chi connectivity index (χ0) is 13.7. The fourth-order valence-electron chi connectivity index (χ4n) is 2.26. The predicted octanol–water partition coefficient (Wildman–Crippen LogP) is 3.51. The highest BCUT2D eigenvalue weighted by atomic mass is 32.1. The van der Waals surface area contributed by atoms with Crippen molar-refractivity contribution >= 4 is 11.3 Å². The quantitative estimate of drug-likeness (QED) is 0.875. The molecule has 2 nitrogen and oxygen atoms in total. The molecule has 19 heavy (non-hydrogen) atoms. The van der Waals surface area contributed by atoms with Gasteiger partial charge in [-0.25, -0.2) is 4.98 Å². The van der Waals surface area contributed by atoms with Crippen molar-refractivity contribution in [2.45, 2.75) is 33.1 Å². The maximum atomic E-state index is 5.92. The van der Waals surface area contributed by atoms with Crippen molar-refractivity contribution in [3.63, 3.8) is 0 Å². The SMILES string of the molecule is Cc1ccc(CC(CN)CCc2scnc2C)cc1. The standard InChI is InChI=1S/C16H22N2S/c1-12-3-5-14(6-4-12)9-15(10-17)7-8-16-13(2)18-11-19-16/h3-6,11,15H,7-10,17H2,1-2H3. The monoisotopic (exact) mass is 274 g/mol. The summed E-state index contributed by atoms with van der Waals surface area (Å²) in [4.78, 5) is 5.71. The van der Waals surface area contributed by atoms with E-state index in [0.29, 0.717) is 5.92 Å². The molecule has 0 saturated heterocycles. The molecule has 0 saturated carbocycles. The number of nitrogens with two attached hydrogens (primary N) is 1. The second kappa shape index (κ2) is 6.83. The van der Waals surface area contributed by atoms with E-state index >= 15 is 0 Å². The Morgan fingerprint density at radius 1 is 1.21 bits per heavy atom. The first kappa shape index (κ1) is 14.2. The van der Waals surface area contributed by atoms with E-state index in [4.69, 9.17) is 5.73 Å². The summed E-state index contributed by atoms with van der Waals surface area (Å²) in [6.07, 6.45) is 3.33. The minimum absolute atomic E-state index is 0.559. The van der Waals surface area contributed by atoms with Gasteiger partial charge in [0.05, 0.1) is 11.2 Å². The molecule has 0 amide bonds.